The van der Waals surface area contributed by atoms with E-state index in [9.17, 15) is 14.4 Å². The van der Waals surface area contributed by atoms with Crippen molar-refractivity contribution in [3.8, 4) is 0 Å². The Morgan fingerprint density at radius 1 is 1.23 bits per heavy atom. The van der Waals surface area contributed by atoms with Gasteiger partial charge in [0.25, 0.3) is 5.91 Å². The Bertz CT molecular complexity index is 1150. The van der Waals surface area contributed by atoms with E-state index < -0.39 is 23.9 Å². The second kappa shape index (κ2) is 8.89. The third kappa shape index (κ3) is 4.18. The molecule has 0 saturated carbocycles. The molecule has 2 aromatic heterocycles. The summed E-state index contributed by atoms with van der Waals surface area (Å²) < 4.78 is 15.6. The van der Waals surface area contributed by atoms with E-state index in [2.05, 4.69) is 10.3 Å². The summed E-state index contributed by atoms with van der Waals surface area (Å²) in [6, 6.07) is 4.74. The van der Waals surface area contributed by atoms with E-state index in [1.807, 2.05) is 0 Å². The van der Waals surface area contributed by atoms with Crippen LogP contribution in [0.5, 0.6) is 0 Å². The van der Waals surface area contributed by atoms with Crippen LogP contribution in [0.25, 0.3) is 11.1 Å². The van der Waals surface area contributed by atoms with E-state index in [0.717, 1.165) is 36.1 Å². The SMILES string of the molecule is CCC(OC(=O)c1ccc2ncoc2c1)C(=O)Nc1sc2c(c1C(=O)OC)CCCC2. The average molecular weight is 442 g/mol. The average Bonchev–Trinajstić information content (AvgIpc) is 3.40. The fourth-order valence-electron chi connectivity index (χ4n) is 3.67. The summed E-state index contributed by atoms with van der Waals surface area (Å²) >= 11 is 1.39. The minimum atomic E-state index is -1.01. The molecular formula is C22H22N2O6S. The summed E-state index contributed by atoms with van der Waals surface area (Å²) in [5.41, 5.74) is 2.70. The number of ether oxygens (including phenoxy) is 2. The Hall–Kier alpha value is -3.20. The maximum absolute atomic E-state index is 12.9. The number of thiophene rings is 1. The number of oxazole rings is 1. The van der Waals surface area contributed by atoms with Crippen LogP contribution in [0.15, 0.2) is 29.0 Å². The van der Waals surface area contributed by atoms with Gasteiger partial charge in [-0.05, 0) is 55.9 Å². The van der Waals surface area contributed by atoms with Gasteiger partial charge in [-0.3, -0.25) is 4.79 Å². The lowest BCUT2D eigenvalue weighted by Gasteiger charge is -2.16. The van der Waals surface area contributed by atoms with Crippen molar-refractivity contribution in [1.29, 1.82) is 0 Å². The number of fused-ring (bicyclic) bond motifs is 2. The van der Waals surface area contributed by atoms with E-state index in [0.29, 0.717) is 21.7 Å². The zero-order chi connectivity index (χ0) is 22.0. The molecule has 1 amide bonds. The number of rotatable bonds is 6. The maximum atomic E-state index is 12.9. The lowest BCUT2D eigenvalue weighted by Crippen LogP contribution is -2.32. The normalized spacial score (nSPS) is 14.0. The van der Waals surface area contributed by atoms with Gasteiger partial charge in [-0.1, -0.05) is 6.92 Å². The molecule has 0 spiro atoms. The van der Waals surface area contributed by atoms with Crippen LogP contribution in [-0.2, 0) is 27.1 Å². The highest BCUT2D eigenvalue weighted by atomic mass is 32.1. The van der Waals surface area contributed by atoms with Gasteiger partial charge in [-0.25, -0.2) is 14.6 Å². The Kier molecular flexibility index (Phi) is 6.03. The Morgan fingerprint density at radius 2 is 2.03 bits per heavy atom. The highest BCUT2D eigenvalue weighted by Gasteiger charge is 2.29. The molecule has 4 rings (SSSR count). The van der Waals surface area contributed by atoms with Crippen LogP contribution in [0.3, 0.4) is 0 Å². The van der Waals surface area contributed by atoms with E-state index in [-0.39, 0.29) is 12.0 Å². The number of carbonyl (C=O) groups excluding carboxylic acids is 3. The van der Waals surface area contributed by atoms with Crippen molar-refractivity contribution in [2.75, 3.05) is 12.4 Å². The zero-order valence-corrected chi connectivity index (χ0v) is 18.0. The molecule has 0 fully saturated rings. The first kappa shape index (κ1) is 21.0. The molecule has 0 saturated heterocycles. The van der Waals surface area contributed by atoms with Crippen molar-refractivity contribution in [2.24, 2.45) is 0 Å². The molecule has 1 aliphatic carbocycles. The minimum Gasteiger partial charge on any atom is -0.465 e. The zero-order valence-electron chi connectivity index (χ0n) is 17.2. The van der Waals surface area contributed by atoms with Gasteiger partial charge in [0.15, 0.2) is 18.1 Å². The number of hydrogen-bond acceptors (Lipinski definition) is 8. The number of nitrogens with zero attached hydrogens (tertiary/aromatic N) is 1. The molecule has 31 heavy (non-hydrogen) atoms. The Morgan fingerprint density at radius 3 is 2.81 bits per heavy atom. The second-order valence-corrected chi connectivity index (χ2v) is 8.34. The highest BCUT2D eigenvalue weighted by molar-refractivity contribution is 7.17. The summed E-state index contributed by atoms with van der Waals surface area (Å²) in [5, 5.41) is 3.23. The van der Waals surface area contributed by atoms with Gasteiger partial charge in [-0.15, -0.1) is 11.3 Å². The van der Waals surface area contributed by atoms with Gasteiger partial charge in [0, 0.05) is 4.88 Å². The first-order chi connectivity index (χ1) is 15.0. The van der Waals surface area contributed by atoms with Crippen LogP contribution < -0.4 is 5.32 Å². The topological polar surface area (TPSA) is 108 Å². The van der Waals surface area contributed by atoms with Crippen molar-refractivity contribution >= 4 is 45.3 Å². The first-order valence-corrected chi connectivity index (χ1v) is 10.9. The quantitative estimate of drug-likeness (QED) is 0.572. The van der Waals surface area contributed by atoms with Crippen molar-refractivity contribution in [3.05, 3.63) is 46.2 Å². The standard InChI is InChI=1S/C22H22N2O6S/c1-3-15(30-21(26)12-8-9-14-16(10-12)29-11-23-14)19(25)24-20-18(22(27)28-2)13-6-4-5-7-17(13)31-20/h8-11,15H,3-7H2,1-2H3,(H,24,25). The van der Waals surface area contributed by atoms with E-state index in [1.54, 1.807) is 19.1 Å². The van der Waals surface area contributed by atoms with Gasteiger partial charge < -0.3 is 19.2 Å². The van der Waals surface area contributed by atoms with Gasteiger partial charge in [-0.2, -0.15) is 0 Å². The molecule has 1 atom stereocenters. The summed E-state index contributed by atoms with van der Waals surface area (Å²) in [7, 11) is 1.32. The summed E-state index contributed by atoms with van der Waals surface area (Å²) in [5.74, 6) is -1.60. The maximum Gasteiger partial charge on any atom is 0.341 e. The van der Waals surface area contributed by atoms with Gasteiger partial charge >= 0.3 is 11.9 Å². The number of benzene rings is 1. The lowest BCUT2D eigenvalue weighted by molar-refractivity contribution is -0.124. The van der Waals surface area contributed by atoms with Crippen LogP contribution in [-0.4, -0.2) is 36.0 Å². The number of carbonyl (C=O) groups is 3. The largest absolute Gasteiger partial charge is 0.465 e. The number of methoxy groups -OCH3 is 1. The lowest BCUT2D eigenvalue weighted by atomic mass is 9.95. The molecule has 1 N–H and O–H groups in total. The van der Waals surface area contributed by atoms with Crippen LogP contribution in [0.4, 0.5) is 5.00 Å². The van der Waals surface area contributed by atoms with Crippen molar-refractivity contribution in [1.82, 2.24) is 4.98 Å². The number of aromatic nitrogens is 1. The molecule has 1 aromatic carbocycles. The molecule has 9 heteroatoms. The fraction of sp³-hybridized carbons (Fsp3) is 0.364. The minimum absolute atomic E-state index is 0.261. The monoisotopic (exact) mass is 442 g/mol. The summed E-state index contributed by atoms with van der Waals surface area (Å²) in [6.07, 6.45) is 4.25. The van der Waals surface area contributed by atoms with Crippen LogP contribution in [0.1, 0.15) is 57.3 Å². The number of amides is 1. The molecular weight excluding hydrogens is 420 g/mol. The molecule has 0 radical (unpaired) electrons. The summed E-state index contributed by atoms with van der Waals surface area (Å²) in [4.78, 5) is 42.9. The molecule has 3 aromatic rings. The third-order valence-electron chi connectivity index (χ3n) is 5.28. The molecule has 2 heterocycles. The second-order valence-electron chi connectivity index (χ2n) is 7.23. The number of esters is 2. The third-order valence-corrected chi connectivity index (χ3v) is 6.48. The molecule has 162 valence electrons. The van der Waals surface area contributed by atoms with Gasteiger partial charge in [0.2, 0.25) is 0 Å². The number of nitrogens with one attached hydrogen (secondary N) is 1. The van der Waals surface area contributed by atoms with Crippen LogP contribution >= 0.6 is 11.3 Å². The van der Waals surface area contributed by atoms with Crippen LogP contribution in [0.2, 0.25) is 0 Å². The van der Waals surface area contributed by atoms with E-state index in [1.165, 1.54) is 30.9 Å². The van der Waals surface area contributed by atoms with Gasteiger partial charge in [0.1, 0.15) is 10.5 Å². The van der Waals surface area contributed by atoms with Crippen molar-refractivity contribution in [3.63, 3.8) is 0 Å². The van der Waals surface area contributed by atoms with Crippen molar-refractivity contribution < 1.29 is 28.3 Å². The van der Waals surface area contributed by atoms with Crippen LogP contribution in [0, 0.1) is 0 Å². The number of aryl methyl sites for hydroxylation is 1. The van der Waals surface area contributed by atoms with E-state index >= 15 is 0 Å². The van der Waals surface area contributed by atoms with Gasteiger partial charge in [0.05, 0.1) is 18.2 Å². The first-order valence-electron chi connectivity index (χ1n) is 10.1. The molecule has 0 bridgehead atoms. The number of anilines is 1. The molecule has 1 unspecified atom stereocenters. The molecule has 0 aliphatic heterocycles. The molecule has 8 nitrogen and oxygen atoms in total. The fourth-order valence-corrected chi connectivity index (χ4v) is 4.95. The predicted octanol–water partition coefficient (Wildman–Crippen LogP) is 4.13. The van der Waals surface area contributed by atoms with Crippen molar-refractivity contribution in [2.45, 2.75) is 45.1 Å². The molecule has 1 aliphatic rings. The smallest absolute Gasteiger partial charge is 0.341 e. The highest BCUT2D eigenvalue weighted by Crippen LogP contribution is 2.38. The Balaban J connectivity index is 1.52. The predicted molar refractivity (Wildman–Crippen MR) is 114 cm³/mol. The van der Waals surface area contributed by atoms with E-state index in [4.69, 9.17) is 13.9 Å². The summed E-state index contributed by atoms with van der Waals surface area (Å²) in [6.45, 7) is 1.75. The number of hydrogen-bond donors (Lipinski definition) is 1. The Labute approximate surface area is 182 Å².